The van der Waals surface area contributed by atoms with Gasteiger partial charge in [-0.3, -0.25) is 0 Å². The topological polar surface area (TPSA) is 63.2 Å². The van der Waals surface area contributed by atoms with Crippen molar-refractivity contribution in [3.8, 4) is 0 Å². The summed E-state index contributed by atoms with van der Waals surface area (Å²) in [6, 6.07) is 0. The minimum absolute atomic E-state index is 0.266. The van der Waals surface area contributed by atoms with Crippen molar-refractivity contribution in [1.82, 2.24) is 0 Å². The fourth-order valence-electron chi connectivity index (χ4n) is 5.12. The van der Waals surface area contributed by atoms with Crippen LogP contribution in [0.5, 0.6) is 0 Å². The molecule has 1 heterocycles. The number of hydrogen-bond donors (Lipinski definition) is 0. The predicted octanol–water partition coefficient (Wildman–Crippen LogP) is 6.18. The molecule has 0 N–H and O–H groups in total. The molecule has 0 saturated heterocycles. The zero-order chi connectivity index (χ0) is 25.8. The summed E-state index contributed by atoms with van der Waals surface area (Å²) in [5, 5.41) is 1.80. The summed E-state index contributed by atoms with van der Waals surface area (Å²) in [5.74, 6) is -0.266. The number of nitrogens with zero attached hydrogens (tertiary/aromatic N) is 2. The molecule has 1 saturated carbocycles. The molecule has 0 bridgehead atoms. The van der Waals surface area contributed by atoms with Gasteiger partial charge in [-0.05, 0) is 67.7 Å². The Morgan fingerprint density at radius 3 is 2.31 bits per heavy atom. The Bertz CT molecular complexity index is 1000. The van der Waals surface area contributed by atoms with Gasteiger partial charge in [0.25, 0.3) is 0 Å². The second kappa shape index (κ2) is 15.1. The molecule has 1 aliphatic heterocycles. The maximum absolute atomic E-state index is 11.0. The van der Waals surface area contributed by atoms with Crippen LogP contribution in [0.15, 0.2) is 47.1 Å². The van der Waals surface area contributed by atoms with Crippen LogP contribution in [0.1, 0.15) is 90.9 Å². The first-order valence-electron chi connectivity index (χ1n) is 14.0. The normalized spacial score (nSPS) is 21.0. The number of hydrogen-bond acceptors (Lipinski definition) is 4. The summed E-state index contributed by atoms with van der Waals surface area (Å²) in [7, 11) is -4.13. The standard InChI is InChI=1S/C29H45N2O3S2/c1-3-5-9-21-30(22-10-6-4-2)26-18-15-25(16-19-26)17-20-29-31(23-11-12-24-36(32,33)34)27-13-7-8-14-28(27)35-29/h15-20,28H,3-14,21-24H2,1-2H3/q+1. The molecule has 7 heteroatoms. The second-order valence-electron chi connectivity index (χ2n) is 10.1. The lowest BCUT2D eigenvalue weighted by Crippen LogP contribution is -2.25. The Morgan fingerprint density at radius 1 is 0.972 bits per heavy atom. The van der Waals surface area contributed by atoms with E-state index in [9.17, 15) is 13.0 Å². The second-order valence-corrected chi connectivity index (χ2v) is 12.9. The van der Waals surface area contributed by atoms with Crippen LogP contribution in [0, 0.1) is 0 Å². The molecule has 36 heavy (non-hydrogen) atoms. The van der Waals surface area contributed by atoms with E-state index in [1.54, 1.807) is 0 Å². The SMILES string of the molecule is CCCCC[N+](CCCCC)=C1C=CC(=CC=C2SC3CCCCC3=[N+]2CCCCS(=O)(=O)[O-])C=C1. The highest BCUT2D eigenvalue weighted by Crippen LogP contribution is 2.38. The van der Waals surface area contributed by atoms with E-state index in [4.69, 9.17) is 0 Å². The van der Waals surface area contributed by atoms with Gasteiger partial charge in [0.2, 0.25) is 5.03 Å². The van der Waals surface area contributed by atoms with Crippen molar-refractivity contribution in [2.24, 2.45) is 0 Å². The molecule has 5 nitrogen and oxygen atoms in total. The van der Waals surface area contributed by atoms with Crippen molar-refractivity contribution in [3.63, 3.8) is 0 Å². The Labute approximate surface area is 223 Å². The first-order valence-corrected chi connectivity index (χ1v) is 16.5. The number of fused-ring (bicyclic) bond motifs is 1. The summed E-state index contributed by atoms with van der Waals surface area (Å²) < 4.78 is 37.9. The van der Waals surface area contributed by atoms with Crippen LogP contribution in [-0.4, -0.2) is 64.2 Å². The van der Waals surface area contributed by atoms with E-state index in [0.29, 0.717) is 11.7 Å². The highest BCUT2D eigenvalue weighted by molar-refractivity contribution is 8.04. The molecule has 0 radical (unpaired) electrons. The van der Waals surface area contributed by atoms with Gasteiger partial charge in [-0.2, -0.15) is 4.58 Å². The lowest BCUT2D eigenvalue weighted by molar-refractivity contribution is -0.527. The Morgan fingerprint density at radius 2 is 1.67 bits per heavy atom. The molecule has 0 aromatic carbocycles. The first-order chi connectivity index (χ1) is 17.4. The summed E-state index contributed by atoms with van der Waals surface area (Å²) in [6.45, 7) is 7.56. The molecule has 0 aromatic rings. The van der Waals surface area contributed by atoms with Gasteiger partial charge in [-0.25, -0.2) is 13.0 Å². The van der Waals surface area contributed by atoms with Crippen LogP contribution in [-0.2, 0) is 10.1 Å². The highest BCUT2D eigenvalue weighted by Gasteiger charge is 2.39. The monoisotopic (exact) mass is 533 g/mol. The van der Waals surface area contributed by atoms with E-state index in [0.717, 1.165) is 32.5 Å². The number of unbranched alkanes of at least 4 members (excludes halogenated alkanes) is 5. The Balaban J connectivity index is 1.70. The summed E-state index contributed by atoms with van der Waals surface area (Å²) in [4.78, 5) is 0. The lowest BCUT2D eigenvalue weighted by atomic mass is 9.97. The van der Waals surface area contributed by atoms with Crippen molar-refractivity contribution in [2.75, 3.05) is 25.4 Å². The van der Waals surface area contributed by atoms with Crippen LogP contribution in [0.3, 0.4) is 0 Å². The third-order valence-electron chi connectivity index (χ3n) is 7.16. The quantitative estimate of drug-likeness (QED) is 0.152. The molecule has 200 valence electrons. The molecule has 1 fully saturated rings. The minimum Gasteiger partial charge on any atom is -0.748 e. The van der Waals surface area contributed by atoms with Crippen LogP contribution < -0.4 is 0 Å². The highest BCUT2D eigenvalue weighted by atomic mass is 32.2. The third kappa shape index (κ3) is 9.46. The maximum Gasteiger partial charge on any atom is 0.240 e. The molecule has 3 rings (SSSR count). The van der Waals surface area contributed by atoms with E-state index in [1.165, 1.54) is 79.8 Å². The first kappa shape index (κ1) is 29.1. The van der Waals surface area contributed by atoms with Crippen molar-refractivity contribution >= 4 is 33.3 Å². The average Bonchev–Trinajstić information content (AvgIpc) is 3.22. The van der Waals surface area contributed by atoms with Gasteiger partial charge in [-0.1, -0.05) is 33.1 Å². The fraction of sp³-hybridized carbons (Fsp3) is 0.655. The van der Waals surface area contributed by atoms with Gasteiger partial charge in [0.15, 0.2) is 11.4 Å². The van der Waals surface area contributed by atoms with Crippen molar-refractivity contribution < 1.29 is 22.1 Å². The van der Waals surface area contributed by atoms with Crippen LogP contribution in [0.25, 0.3) is 0 Å². The molecule has 2 aliphatic carbocycles. The van der Waals surface area contributed by atoms with Crippen LogP contribution >= 0.6 is 11.8 Å². The van der Waals surface area contributed by atoms with Crippen molar-refractivity contribution in [2.45, 2.75) is 96.1 Å². The van der Waals surface area contributed by atoms with Gasteiger partial charge in [-0.15, -0.1) is 0 Å². The van der Waals surface area contributed by atoms with Crippen LogP contribution in [0.4, 0.5) is 0 Å². The van der Waals surface area contributed by atoms with E-state index in [-0.39, 0.29) is 5.75 Å². The zero-order valence-electron chi connectivity index (χ0n) is 22.3. The summed E-state index contributed by atoms with van der Waals surface area (Å²) in [6.07, 6.45) is 26.9. The fourth-order valence-corrected chi connectivity index (χ4v) is 7.12. The molecule has 0 amide bonds. The molecule has 1 unspecified atom stereocenters. The molecule has 0 aromatic heterocycles. The maximum atomic E-state index is 11.0. The minimum atomic E-state index is -4.13. The molecule has 3 aliphatic rings. The van der Waals surface area contributed by atoms with Crippen molar-refractivity contribution in [3.05, 3.63) is 47.1 Å². The van der Waals surface area contributed by atoms with Gasteiger partial charge in [0.1, 0.15) is 19.6 Å². The van der Waals surface area contributed by atoms with E-state index >= 15 is 0 Å². The number of allylic oxidation sites excluding steroid dienone is 7. The van der Waals surface area contributed by atoms with Crippen molar-refractivity contribution in [1.29, 1.82) is 0 Å². The molecular weight excluding hydrogens is 488 g/mol. The Kier molecular flexibility index (Phi) is 12.2. The predicted molar refractivity (Wildman–Crippen MR) is 152 cm³/mol. The van der Waals surface area contributed by atoms with Gasteiger partial charge in [0.05, 0.1) is 15.4 Å². The zero-order valence-corrected chi connectivity index (χ0v) is 23.9. The largest absolute Gasteiger partial charge is 0.748 e. The van der Waals surface area contributed by atoms with Gasteiger partial charge < -0.3 is 4.55 Å². The summed E-state index contributed by atoms with van der Waals surface area (Å²) >= 11 is 1.95. The summed E-state index contributed by atoms with van der Waals surface area (Å²) in [5.41, 5.74) is 4.01. The third-order valence-corrected chi connectivity index (χ3v) is 9.34. The van der Waals surface area contributed by atoms with Gasteiger partial charge in [0, 0.05) is 49.7 Å². The van der Waals surface area contributed by atoms with Crippen LogP contribution in [0.2, 0.25) is 0 Å². The van der Waals surface area contributed by atoms with Gasteiger partial charge >= 0.3 is 0 Å². The van der Waals surface area contributed by atoms with E-state index < -0.39 is 10.1 Å². The number of rotatable bonds is 14. The lowest BCUT2D eigenvalue weighted by Gasteiger charge is -2.13. The molecule has 0 spiro atoms. The average molecular weight is 534 g/mol. The molecular formula is C29H45N2O3S2+. The van der Waals surface area contributed by atoms with E-state index in [1.807, 2.05) is 11.8 Å². The smallest absolute Gasteiger partial charge is 0.240 e. The van der Waals surface area contributed by atoms with E-state index in [2.05, 4.69) is 59.5 Å². The number of thioether (sulfide) groups is 1. The molecule has 1 atom stereocenters. The Hall–Kier alpha value is -1.44.